The summed E-state index contributed by atoms with van der Waals surface area (Å²) >= 11 is 1.37. The number of methoxy groups -OCH3 is 3. The van der Waals surface area contributed by atoms with Gasteiger partial charge in [-0.2, -0.15) is 0 Å². The maximum atomic E-state index is 15.2. The maximum Gasteiger partial charge on any atom is 0.317 e. The molecule has 0 saturated carbocycles. The van der Waals surface area contributed by atoms with Gasteiger partial charge in [-0.3, -0.25) is 19.3 Å². The Morgan fingerprint density at radius 1 is 1.00 bits per heavy atom. The molecule has 0 spiro atoms. The van der Waals surface area contributed by atoms with E-state index in [1.165, 1.54) is 38.7 Å². The normalized spacial score (nSPS) is 20.3. The van der Waals surface area contributed by atoms with E-state index in [1.807, 2.05) is 11.4 Å². The Labute approximate surface area is 245 Å². The number of rotatable bonds is 8. The van der Waals surface area contributed by atoms with Crippen LogP contribution in [0.3, 0.4) is 0 Å². The van der Waals surface area contributed by atoms with Crippen LogP contribution in [0.1, 0.15) is 42.0 Å². The van der Waals surface area contributed by atoms with E-state index in [2.05, 4.69) is 0 Å². The van der Waals surface area contributed by atoms with Gasteiger partial charge in [0.2, 0.25) is 11.7 Å². The molecule has 8 nitrogen and oxygen atoms in total. The SMILES string of the molecule is CCOC(=O)[C@@H]1C(=O)C2=C(C[C@H]1c1cccs1)N(c1ccc(F)cc1F)C(=O)C[C@@H]2c1cc(OC)c(OC)c(OC)c1. The number of nitrogens with zero attached hydrogens (tertiary/aromatic N) is 1. The third-order valence-corrected chi connectivity index (χ3v) is 8.61. The Hall–Kier alpha value is -4.25. The van der Waals surface area contributed by atoms with Crippen LogP contribution in [0.25, 0.3) is 0 Å². The summed E-state index contributed by atoms with van der Waals surface area (Å²) in [7, 11) is 4.36. The summed E-state index contributed by atoms with van der Waals surface area (Å²) in [4.78, 5) is 43.6. The predicted octanol–water partition coefficient (Wildman–Crippen LogP) is 5.76. The highest BCUT2D eigenvalue weighted by atomic mass is 32.1. The standard InChI is InChI=1S/C31H29F2NO7S/c1-5-41-31(37)28-19(25-7-6-10-42-25)14-22-27(29(28)36)18(16-11-23(38-2)30(40-4)24(12-16)39-3)15-26(35)34(22)21-9-8-17(32)13-20(21)33/h6-13,18-19,28H,5,14-15H2,1-4H3/t18-,19+,28+/m1/s1. The zero-order chi connectivity index (χ0) is 30.1. The second kappa shape index (κ2) is 11.9. The number of carbonyl (C=O) groups excluding carboxylic acids is 3. The lowest BCUT2D eigenvalue weighted by atomic mass is 9.69. The number of Topliss-reactive ketones (excluding diaryl/α,β-unsaturated/α-hetero) is 1. The molecule has 0 saturated heterocycles. The van der Waals surface area contributed by atoms with Gasteiger partial charge < -0.3 is 18.9 Å². The van der Waals surface area contributed by atoms with E-state index < -0.39 is 47.0 Å². The first-order valence-electron chi connectivity index (χ1n) is 13.3. The third kappa shape index (κ3) is 5.02. The lowest BCUT2D eigenvalue weighted by Crippen LogP contribution is -2.46. The molecule has 1 aliphatic heterocycles. The van der Waals surface area contributed by atoms with Crippen molar-refractivity contribution in [2.24, 2.45) is 5.92 Å². The molecule has 1 aromatic heterocycles. The van der Waals surface area contributed by atoms with Crippen LogP contribution in [-0.2, 0) is 19.1 Å². The Balaban J connectivity index is 1.77. The fraction of sp³-hybridized carbons (Fsp3) is 0.323. The van der Waals surface area contributed by atoms with E-state index in [0.29, 0.717) is 28.9 Å². The van der Waals surface area contributed by atoms with Crippen molar-refractivity contribution in [2.75, 3.05) is 32.8 Å². The molecular weight excluding hydrogens is 568 g/mol. The number of carbonyl (C=O) groups is 3. The summed E-state index contributed by atoms with van der Waals surface area (Å²) in [5.41, 5.74) is 0.762. The third-order valence-electron chi connectivity index (χ3n) is 7.61. The largest absolute Gasteiger partial charge is 0.493 e. The summed E-state index contributed by atoms with van der Waals surface area (Å²) in [5.74, 6) is -5.15. The molecule has 0 unspecified atom stereocenters. The molecule has 0 N–H and O–H groups in total. The van der Waals surface area contributed by atoms with E-state index in [0.717, 1.165) is 15.8 Å². The number of hydrogen-bond donors (Lipinski definition) is 0. The number of benzene rings is 2. The topological polar surface area (TPSA) is 91.4 Å². The molecule has 5 rings (SSSR count). The van der Waals surface area contributed by atoms with E-state index in [1.54, 1.807) is 25.1 Å². The summed E-state index contributed by atoms with van der Waals surface area (Å²) in [5, 5.41) is 1.83. The van der Waals surface area contributed by atoms with Gasteiger partial charge >= 0.3 is 5.97 Å². The molecule has 2 aromatic carbocycles. The molecule has 2 heterocycles. The Bertz CT molecular complexity index is 1540. The molecule has 0 bridgehead atoms. The molecule has 3 aromatic rings. The van der Waals surface area contributed by atoms with Gasteiger partial charge in [-0.05, 0) is 54.6 Å². The van der Waals surface area contributed by atoms with Gasteiger partial charge in [0, 0.05) is 40.5 Å². The number of esters is 1. The van der Waals surface area contributed by atoms with Crippen LogP contribution in [0.5, 0.6) is 17.2 Å². The van der Waals surface area contributed by atoms with Crippen molar-refractivity contribution in [3.8, 4) is 17.2 Å². The highest BCUT2D eigenvalue weighted by Gasteiger charge is 2.50. The van der Waals surface area contributed by atoms with Gasteiger partial charge in [0.1, 0.15) is 17.6 Å². The average Bonchev–Trinajstić information content (AvgIpc) is 3.51. The molecular formula is C31H29F2NO7S. The monoisotopic (exact) mass is 597 g/mol. The molecule has 42 heavy (non-hydrogen) atoms. The lowest BCUT2D eigenvalue weighted by Gasteiger charge is -2.42. The second-order valence-corrected chi connectivity index (χ2v) is 10.8. The lowest BCUT2D eigenvalue weighted by molar-refractivity contribution is -0.152. The first-order chi connectivity index (χ1) is 20.2. The molecule has 11 heteroatoms. The molecule has 0 fully saturated rings. The summed E-state index contributed by atoms with van der Waals surface area (Å²) in [6, 6.07) is 9.83. The van der Waals surface area contributed by atoms with Crippen molar-refractivity contribution < 1.29 is 42.1 Å². The highest BCUT2D eigenvalue weighted by Crippen LogP contribution is 2.52. The van der Waals surface area contributed by atoms with Crippen LogP contribution in [-0.4, -0.2) is 45.6 Å². The fourth-order valence-corrected chi connectivity index (χ4v) is 6.70. The molecule has 2 aliphatic rings. The van der Waals surface area contributed by atoms with E-state index in [-0.39, 0.29) is 36.4 Å². The number of halogens is 2. The van der Waals surface area contributed by atoms with Crippen molar-refractivity contribution >= 4 is 34.7 Å². The first-order valence-corrected chi connectivity index (χ1v) is 14.2. The zero-order valence-corrected chi connectivity index (χ0v) is 24.3. The number of hydrogen-bond acceptors (Lipinski definition) is 8. The highest BCUT2D eigenvalue weighted by molar-refractivity contribution is 7.10. The second-order valence-electron chi connectivity index (χ2n) is 9.82. The van der Waals surface area contributed by atoms with Crippen LogP contribution < -0.4 is 19.1 Å². The van der Waals surface area contributed by atoms with Crippen molar-refractivity contribution in [1.29, 1.82) is 0 Å². The molecule has 3 atom stereocenters. The zero-order valence-electron chi connectivity index (χ0n) is 23.4. The van der Waals surface area contributed by atoms with Crippen molar-refractivity contribution in [2.45, 2.75) is 31.6 Å². The summed E-state index contributed by atoms with van der Waals surface area (Å²) < 4.78 is 50.9. The van der Waals surface area contributed by atoms with E-state index in [9.17, 15) is 18.8 Å². The van der Waals surface area contributed by atoms with Gasteiger partial charge in [-0.25, -0.2) is 8.78 Å². The average molecular weight is 598 g/mol. The minimum atomic E-state index is -1.18. The van der Waals surface area contributed by atoms with Crippen LogP contribution >= 0.6 is 11.3 Å². The number of ether oxygens (including phenoxy) is 4. The number of thiophene rings is 1. The van der Waals surface area contributed by atoms with E-state index >= 15 is 4.39 Å². The maximum absolute atomic E-state index is 15.2. The van der Waals surface area contributed by atoms with Crippen LogP contribution in [0.2, 0.25) is 0 Å². The van der Waals surface area contributed by atoms with Gasteiger partial charge in [0.05, 0.1) is 33.6 Å². The predicted molar refractivity (Wildman–Crippen MR) is 151 cm³/mol. The minimum absolute atomic E-state index is 0.0640. The molecule has 1 aliphatic carbocycles. The minimum Gasteiger partial charge on any atom is -0.493 e. The Morgan fingerprint density at radius 3 is 2.29 bits per heavy atom. The molecule has 0 radical (unpaired) electrons. The van der Waals surface area contributed by atoms with Gasteiger partial charge in [-0.1, -0.05) is 6.07 Å². The van der Waals surface area contributed by atoms with Crippen molar-refractivity contribution in [3.63, 3.8) is 0 Å². The smallest absolute Gasteiger partial charge is 0.317 e. The Kier molecular flexibility index (Phi) is 8.31. The molecule has 220 valence electrons. The number of anilines is 1. The van der Waals surface area contributed by atoms with Crippen LogP contribution in [0.4, 0.5) is 14.5 Å². The van der Waals surface area contributed by atoms with Crippen LogP contribution in [0.15, 0.2) is 59.1 Å². The van der Waals surface area contributed by atoms with Crippen molar-refractivity contribution in [3.05, 3.63) is 81.2 Å². The van der Waals surface area contributed by atoms with Gasteiger partial charge in [0.15, 0.2) is 17.3 Å². The quantitative estimate of drug-likeness (QED) is 0.241. The number of allylic oxidation sites excluding steroid dienone is 2. The molecule has 1 amide bonds. The summed E-state index contributed by atoms with van der Waals surface area (Å²) in [6.07, 6.45) is -0.173. The van der Waals surface area contributed by atoms with E-state index in [4.69, 9.17) is 18.9 Å². The van der Waals surface area contributed by atoms with Gasteiger partial charge in [-0.15, -0.1) is 11.3 Å². The number of ketones is 1. The Morgan fingerprint density at radius 2 is 1.71 bits per heavy atom. The van der Waals surface area contributed by atoms with Crippen LogP contribution in [0, 0.1) is 17.6 Å². The number of amides is 1. The summed E-state index contributed by atoms with van der Waals surface area (Å²) in [6.45, 7) is 1.74. The van der Waals surface area contributed by atoms with Crippen molar-refractivity contribution in [1.82, 2.24) is 0 Å². The van der Waals surface area contributed by atoms with Gasteiger partial charge in [0.25, 0.3) is 0 Å². The fourth-order valence-electron chi connectivity index (χ4n) is 5.83. The first kappa shape index (κ1) is 29.2.